The van der Waals surface area contributed by atoms with E-state index in [4.69, 9.17) is 14.2 Å². The van der Waals surface area contributed by atoms with Gasteiger partial charge in [-0.25, -0.2) is 9.78 Å². The topological polar surface area (TPSA) is 82.9 Å². The zero-order valence-electron chi connectivity index (χ0n) is 23.6. The number of ketones is 1. The third-order valence-electron chi connectivity index (χ3n) is 6.39. The molecule has 9 heteroatoms. The van der Waals surface area contributed by atoms with E-state index in [2.05, 4.69) is 24.6 Å². The summed E-state index contributed by atoms with van der Waals surface area (Å²) in [6.45, 7) is 16.2. The Morgan fingerprint density at radius 2 is 1.87 bits per heavy atom. The van der Waals surface area contributed by atoms with Gasteiger partial charge in [-0.3, -0.25) is 4.79 Å². The summed E-state index contributed by atoms with van der Waals surface area (Å²) in [4.78, 5) is 31.4. The van der Waals surface area contributed by atoms with E-state index in [0.29, 0.717) is 54.5 Å². The van der Waals surface area contributed by atoms with Crippen molar-refractivity contribution in [3.63, 3.8) is 0 Å². The molecule has 1 aliphatic heterocycles. The summed E-state index contributed by atoms with van der Waals surface area (Å²) in [7, 11) is -1.20. The number of pyridine rings is 1. The molecule has 0 spiro atoms. The highest BCUT2D eigenvalue weighted by molar-refractivity contribution is 6.76. The Hall–Kier alpha value is -3.17. The molecule has 1 amide bonds. The number of aromatic nitrogens is 2. The standard InChI is InChI=1S/C29H39N3O5Si/c1-20(33)24-18-32(19-35-14-15-38(5,6)7)27-26(24)25(10-12-30-27)36-23-9-8-21-11-13-31(17-22(21)16-23)28(34)37-29(2,3)4/h8-10,12,16,18H,11,13-15,17,19H2,1-7H3. The summed E-state index contributed by atoms with van der Waals surface area (Å²) >= 11 is 0. The van der Waals surface area contributed by atoms with Gasteiger partial charge < -0.3 is 23.7 Å². The maximum Gasteiger partial charge on any atom is 0.410 e. The number of amides is 1. The molecule has 0 saturated heterocycles. The Labute approximate surface area is 225 Å². The third-order valence-corrected chi connectivity index (χ3v) is 8.10. The second-order valence-corrected chi connectivity index (χ2v) is 17.7. The quantitative estimate of drug-likeness (QED) is 0.182. The number of nitrogens with zero attached hydrogens (tertiary/aromatic N) is 3. The molecule has 0 saturated carbocycles. The fourth-order valence-electron chi connectivity index (χ4n) is 4.38. The van der Waals surface area contributed by atoms with Crippen molar-refractivity contribution in [2.24, 2.45) is 0 Å². The molecule has 4 rings (SSSR count). The van der Waals surface area contributed by atoms with Crippen molar-refractivity contribution < 1.29 is 23.8 Å². The lowest BCUT2D eigenvalue weighted by molar-refractivity contribution is 0.0223. The number of ether oxygens (including phenoxy) is 3. The molecule has 0 fully saturated rings. The minimum atomic E-state index is -1.20. The van der Waals surface area contributed by atoms with Crippen LogP contribution in [0.4, 0.5) is 4.79 Å². The number of benzene rings is 1. The van der Waals surface area contributed by atoms with E-state index in [1.165, 1.54) is 5.56 Å². The van der Waals surface area contributed by atoms with Gasteiger partial charge in [0.25, 0.3) is 0 Å². The van der Waals surface area contributed by atoms with Crippen LogP contribution in [0.2, 0.25) is 25.7 Å². The molecule has 0 N–H and O–H groups in total. The minimum absolute atomic E-state index is 0.0628. The summed E-state index contributed by atoms with van der Waals surface area (Å²) in [6, 6.07) is 8.77. The fraction of sp³-hybridized carbons (Fsp3) is 0.483. The van der Waals surface area contributed by atoms with E-state index in [0.717, 1.165) is 18.0 Å². The molecule has 0 aliphatic carbocycles. The summed E-state index contributed by atoms with van der Waals surface area (Å²) in [5.74, 6) is 1.13. The molecule has 0 unspecified atom stereocenters. The molecule has 38 heavy (non-hydrogen) atoms. The fourth-order valence-corrected chi connectivity index (χ4v) is 5.14. The van der Waals surface area contributed by atoms with E-state index in [1.807, 2.05) is 43.5 Å². The first-order chi connectivity index (χ1) is 17.8. The highest BCUT2D eigenvalue weighted by Crippen LogP contribution is 2.34. The van der Waals surface area contributed by atoms with Crippen molar-refractivity contribution in [2.45, 2.75) is 78.7 Å². The lowest BCUT2D eigenvalue weighted by atomic mass is 10.00. The Kier molecular flexibility index (Phi) is 7.99. The number of fused-ring (bicyclic) bond motifs is 2. The van der Waals surface area contributed by atoms with Crippen LogP contribution in [0.3, 0.4) is 0 Å². The Morgan fingerprint density at radius 1 is 1.11 bits per heavy atom. The third kappa shape index (κ3) is 6.82. The van der Waals surface area contributed by atoms with Crippen molar-refractivity contribution >= 4 is 31.0 Å². The molecule has 0 bridgehead atoms. The van der Waals surface area contributed by atoms with Crippen LogP contribution in [0.1, 0.15) is 49.2 Å². The summed E-state index contributed by atoms with van der Waals surface area (Å²) in [5.41, 5.74) is 2.85. The Bertz CT molecular complexity index is 1340. The highest BCUT2D eigenvalue weighted by Gasteiger charge is 2.26. The number of carbonyl (C=O) groups excluding carboxylic acids is 2. The predicted molar refractivity (Wildman–Crippen MR) is 151 cm³/mol. The second kappa shape index (κ2) is 10.9. The molecule has 204 valence electrons. The van der Waals surface area contributed by atoms with Crippen LogP contribution >= 0.6 is 0 Å². The minimum Gasteiger partial charge on any atom is -0.457 e. The van der Waals surface area contributed by atoms with Gasteiger partial charge in [0.15, 0.2) is 5.78 Å². The maximum atomic E-state index is 12.6. The molecule has 1 aromatic carbocycles. The van der Waals surface area contributed by atoms with Crippen molar-refractivity contribution in [1.29, 1.82) is 0 Å². The van der Waals surface area contributed by atoms with Gasteiger partial charge in [-0.1, -0.05) is 25.7 Å². The van der Waals surface area contributed by atoms with Crippen LogP contribution in [-0.2, 0) is 29.2 Å². The van der Waals surface area contributed by atoms with Gasteiger partial charge >= 0.3 is 6.09 Å². The molecule has 0 radical (unpaired) electrons. The van der Waals surface area contributed by atoms with Gasteiger partial charge in [0.2, 0.25) is 0 Å². The van der Waals surface area contributed by atoms with E-state index in [9.17, 15) is 9.59 Å². The SMILES string of the molecule is CC(=O)c1cn(COCC[Si](C)(C)C)c2nccc(Oc3ccc4c(c3)CN(C(=O)OC(C)(C)C)CC4)c12. The van der Waals surface area contributed by atoms with Crippen LogP contribution in [0.15, 0.2) is 36.7 Å². The average molecular weight is 538 g/mol. The number of hydrogen-bond donors (Lipinski definition) is 0. The zero-order valence-corrected chi connectivity index (χ0v) is 24.6. The molecule has 2 aromatic heterocycles. The van der Waals surface area contributed by atoms with E-state index < -0.39 is 13.7 Å². The van der Waals surface area contributed by atoms with Crippen molar-refractivity contribution in [3.8, 4) is 11.5 Å². The first-order valence-electron chi connectivity index (χ1n) is 13.1. The van der Waals surface area contributed by atoms with E-state index in [-0.39, 0.29) is 11.9 Å². The van der Waals surface area contributed by atoms with Gasteiger partial charge in [-0.05, 0) is 69.5 Å². The largest absolute Gasteiger partial charge is 0.457 e. The Balaban J connectivity index is 1.57. The molecular weight excluding hydrogens is 498 g/mol. The van der Waals surface area contributed by atoms with E-state index >= 15 is 0 Å². The maximum absolute atomic E-state index is 12.6. The monoisotopic (exact) mass is 537 g/mol. The van der Waals surface area contributed by atoms with Crippen LogP contribution < -0.4 is 4.74 Å². The van der Waals surface area contributed by atoms with Gasteiger partial charge in [0, 0.05) is 45.7 Å². The van der Waals surface area contributed by atoms with Crippen molar-refractivity contribution in [2.75, 3.05) is 13.2 Å². The normalized spacial score (nSPS) is 13.9. The summed E-state index contributed by atoms with van der Waals surface area (Å²) < 4.78 is 19.7. The molecule has 3 heterocycles. The van der Waals surface area contributed by atoms with Crippen molar-refractivity contribution in [3.05, 3.63) is 53.3 Å². The van der Waals surface area contributed by atoms with Gasteiger partial charge in [-0.15, -0.1) is 0 Å². The van der Waals surface area contributed by atoms with Crippen LogP contribution in [-0.4, -0.2) is 53.2 Å². The molecule has 3 aromatic rings. The number of carbonyl (C=O) groups is 2. The zero-order chi connectivity index (χ0) is 27.7. The number of hydrogen-bond acceptors (Lipinski definition) is 6. The summed E-state index contributed by atoms with van der Waals surface area (Å²) in [5, 5.41) is 0.668. The highest BCUT2D eigenvalue weighted by atomic mass is 28.3. The Morgan fingerprint density at radius 3 is 2.55 bits per heavy atom. The molecule has 1 aliphatic rings. The van der Waals surface area contributed by atoms with Crippen LogP contribution in [0.25, 0.3) is 11.0 Å². The summed E-state index contributed by atoms with van der Waals surface area (Å²) in [6.07, 6.45) is 3.92. The second-order valence-electron chi connectivity index (χ2n) is 12.1. The molecule has 0 atom stereocenters. The van der Waals surface area contributed by atoms with Crippen LogP contribution in [0, 0.1) is 0 Å². The van der Waals surface area contributed by atoms with Gasteiger partial charge in [0.05, 0.1) is 5.39 Å². The van der Waals surface area contributed by atoms with Gasteiger partial charge in [0.1, 0.15) is 29.5 Å². The first-order valence-corrected chi connectivity index (χ1v) is 16.9. The van der Waals surface area contributed by atoms with Crippen LogP contribution in [0.5, 0.6) is 11.5 Å². The average Bonchev–Trinajstić information content (AvgIpc) is 3.20. The number of rotatable bonds is 8. The lowest BCUT2D eigenvalue weighted by Crippen LogP contribution is -2.39. The van der Waals surface area contributed by atoms with E-state index in [1.54, 1.807) is 30.3 Å². The molecular formula is C29H39N3O5Si. The molecule has 8 nitrogen and oxygen atoms in total. The number of Topliss-reactive ketones (excluding diaryl/α,β-unsaturated/α-hetero) is 1. The van der Waals surface area contributed by atoms with Gasteiger partial charge in [-0.2, -0.15) is 0 Å². The predicted octanol–water partition coefficient (Wildman–Crippen LogP) is 6.64. The van der Waals surface area contributed by atoms with Crippen molar-refractivity contribution in [1.82, 2.24) is 14.5 Å². The lowest BCUT2D eigenvalue weighted by Gasteiger charge is -2.31. The smallest absolute Gasteiger partial charge is 0.410 e. The first kappa shape index (κ1) is 27.9.